The molecule has 1 aliphatic heterocycles. The van der Waals surface area contributed by atoms with Gasteiger partial charge in [0.2, 0.25) is 0 Å². The summed E-state index contributed by atoms with van der Waals surface area (Å²) in [4.78, 5) is 0. The summed E-state index contributed by atoms with van der Waals surface area (Å²) in [5.74, 6) is 0.444. The van der Waals surface area contributed by atoms with Crippen molar-refractivity contribution in [1.82, 2.24) is 0 Å². The molecule has 1 N–H and O–H groups in total. The minimum atomic E-state index is -0.676. The fourth-order valence-corrected chi connectivity index (χ4v) is 2.71. The number of rotatable bonds is 3. The van der Waals surface area contributed by atoms with Gasteiger partial charge in [0.25, 0.3) is 0 Å². The molecule has 20 heavy (non-hydrogen) atoms. The van der Waals surface area contributed by atoms with E-state index in [1.54, 1.807) is 6.07 Å². The molecule has 1 heterocycles. The maximum absolute atomic E-state index is 13.0. The SMILES string of the molecule is OC(Cc1ccc(F)cc1Cl)C1Cc2ccccc2O1. The molecule has 0 amide bonds. The number of benzene rings is 2. The molecule has 0 saturated carbocycles. The van der Waals surface area contributed by atoms with Crippen molar-refractivity contribution >= 4 is 11.6 Å². The van der Waals surface area contributed by atoms with E-state index >= 15 is 0 Å². The molecular weight excluding hydrogens is 279 g/mol. The van der Waals surface area contributed by atoms with E-state index in [9.17, 15) is 9.50 Å². The lowest BCUT2D eigenvalue weighted by molar-refractivity contribution is 0.0503. The zero-order valence-corrected chi connectivity index (χ0v) is 11.5. The zero-order chi connectivity index (χ0) is 14.1. The summed E-state index contributed by atoms with van der Waals surface area (Å²) in [7, 11) is 0. The molecule has 1 aliphatic rings. The van der Waals surface area contributed by atoms with Gasteiger partial charge < -0.3 is 9.84 Å². The minimum Gasteiger partial charge on any atom is -0.487 e. The maximum atomic E-state index is 13.0. The van der Waals surface area contributed by atoms with E-state index in [4.69, 9.17) is 16.3 Å². The number of ether oxygens (including phenoxy) is 1. The van der Waals surface area contributed by atoms with Gasteiger partial charge in [-0.1, -0.05) is 35.9 Å². The second-order valence-corrected chi connectivity index (χ2v) is 5.38. The van der Waals surface area contributed by atoms with Gasteiger partial charge in [0.15, 0.2) is 0 Å². The average molecular weight is 293 g/mol. The van der Waals surface area contributed by atoms with Crippen molar-refractivity contribution in [2.24, 2.45) is 0 Å². The highest BCUT2D eigenvalue weighted by Crippen LogP contribution is 2.30. The van der Waals surface area contributed by atoms with Gasteiger partial charge in [-0.3, -0.25) is 0 Å². The zero-order valence-electron chi connectivity index (χ0n) is 10.7. The van der Waals surface area contributed by atoms with Crippen LogP contribution in [0.5, 0.6) is 5.75 Å². The Bertz CT molecular complexity index is 605. The van der Waals surface area contributed by atoms with E-state index in [1.807, 2.05) is 24.3 Å². The van der Waals surface area contributed by atoms with E-state index in [0.29, 0.717) is 17.9 Å². The molecule has 2 atom stereocenters. The van der Waals surface area contributed by atoms with E-state index in [2.05, 4.69) is 0 Å². The Kier molecular flexibility index (Phi) is 3.64. The third-order valence-electron chi connectivity index (χ3n) is 3.55. The molecule has 0 aromatic heterocycles. The Morgan fingerprint density at radius 2 is 2.10 bits per heavy atom. The van der Waals surface area contributed by atoms with Crippen molar-refractivity contribution < 1.29 is 14.2 Å². The first-order valence-corrected chi connectivity index (χ1v) is 6.88. The largest absolute Gasteiger partial charge is 0.487 e. The molecule has 0 radical (unpaired) electrons. The van der Waals surface area contributed by atoms with Crippen LogP contribution in [0.1, 0.15) is 11.1 Å². The quantitative estimate of drug-likeness (QED) is 0.940. The summed E-state index contributed by atoms with van der Waals surface area (Å²) in [6, 6.07) is 12.0. The summed E-state index contributed by atoms with van der Waals surface area (Å²) >= 11 is 5.98. The third kappa shape index (κ3) is 2.65. The van der Waals surface area contributed by atoms with Crippen LogP contribution < -0.4 is 4.74 Å². The predicted molar refractivity (Wildman–Crippen MR) is 75.7 cm³/mol. The number of fused-ring (bicyclic) bond motifs is 1. The third-order valence-corrected chi connectivity index (χ3v) is 3.90. The normalized spacial score (nSPS) is 18.4. The highest BCUT2D eigenvalue weighted by atomic mass is 35.5. The molecular formula is C16H14ClFO2. The molecule has 0 aliphatic carbocycles. The number of halogens is 2. The van der Waals surface area contributed by atoms with Gasteiger partial charge in [-0.05, 0) is 29.3 Å². The molecule has 0 bridgehead atoms. The Labute approximate surface area is 121 Å². The molecule has 2 nitrogen and oxygen atoms in total. The second kappa shape index (κ2) is 5.43. The van der Waals surface area contributed by atoms with E-state index in [1.165, 1.54) is 12.1 Å². The Balaban J connectivity index is 1.70. The van der Waals surface area contributed by atoms with Gasteiger partial charge in [-0.15, -0.1) is 0 Å². The summed E-state index contributed by atoms with van der Waals surface area (Å²) < 4.78 is 18.7. The average Bonchev–Trinajstić information content (AvgIpc) is 2.86. The van der Waals surface area contributed by atoms with Gasteiger partial charge in [-0.2, -0.15) is 0 Å². The molecule has 3 rings (SSSR count). The van der Waals surface area contributed by atoms with Gasteiger partial charge in [0.05, 0.1) is 6.10 Å². The molecule has 2 unspecified atom stereocenters. The van der Waals surface area contributed by atoms with Crippen molar-refractivity contribution in [2.45, 2.75) is 25.0 Å². The highest BCUT2D eigenvalue weighted by molar-refractivity contribution is 6.31. The summed E-state index contributed by atoms with van der Waals surface area (Å²) in [5, 5.41) is 10.6. The first kappa shape index (κ1) is 13.4. The van der Waals surface area contributed by atoms with Gasteiger partial charge in [0.1, 0.15) is 17.7 Å². The number of aliphatic hydroxyl groups excluding tert-OH is 1. The number of hydrogen-bond acceptors (Lipinski definition) is 2. The van der Waals surface area contributed by atoms with Crippen molar-refractivity contribution in [3.63, 3.8) is 0 Å². The van der Waals surface area contributed by atoms with Gasteiger partial charge in [0, 0.05) is 17.9 Å². The van der Waals surface area contributed by atoms with Gasteiger partial charge in [-0.25, -0.2) is 4.39 Å². The van der Waals surface area contributed by atoms with Crippen LogP contribution in [0.4, 0.5) is 4.39 Å². The predicted octanol–water partition coefficient (Wildman–Crippen LogP) is 3.39. The smallest absolute Gasteiger partial charge is 0.129 e. The first-order valence-electron chi connectivity index (χ1n) is 6.50. The van der Waals surface area contributed by atoms with Crippen molar-refractivity contribution in [3.8, 4) is 5.75 Å². The van der Waals surface area contributed by atoms with E-state index in [-0.39, 0.29) is 11.9 Å². The second-order valence-electron chi connectivity index (χ2n) is 4.98. The molecule has 0 fully saturated rings. The fourth-order valence-electron chi connectivity index (χ4n) is 2.47. The lowest BCUT2D eigenvalue weighted by atomic mass is 10.0. The van der Waals surface area contributed by atoms with Crippen LogP contribution in [0.3, 0.4) is 0 Å². The van der Waals surface area contributed by atoms with Crippen LogP contribution in [-0.2, 0) is 12.8 Å². The van der Waals surface area contributed by atoms with Crippen LogP contribution in [0.25, 0.3) is 0 Å². The molecule has 2 aromatic rings. The van der Waals surface area contributed by atoms with Crippen LogP contribution in [0, 0.1) is 5.82 Å². The molecule has 104 valence electrons. The summed E-state index contributed by atoms with van der Waals surface area (Å²) in [5.41, 5.74) is 1.82. The summed E-state index contributed by atoms with van der Waals surface area (Å²) in [6.45, 7) is 0. The minimum absolute atomic E-state index is 0.284. The number of hydrogen-bond donors (Lipinski definition) is 1. The Morgan fingerprint density at radius 3 is 2.85 bits per heavy atom. The first-order chi connectivity index (χ1) is 9.63. The van der Waals surface area contributed by atoms with Crippen molar-refractivity contribution in [1.29, 1.82) is 0 Å². The van der Waals surface area contributed by atoms with Crippen LogP contribution in [-0.4, -0.2) is 17.3 Å². The number of aliphatic hydroxyl groups is 1. The lowest BCUT2D eigenvalue weighted by Gasteiger charge is -2.18. The standard InChI is InChI=1S/C16H14ClFO2/c17-13-9-12(18)6-5-10(13)7-14(19)16-8-11-3-1-2-4-15(11)20-16/h1-6,9,14,16,19H,7-8H2. The molecule has 0 saturated heterocycles. The van der Waals surface area contributed by atoms with E-state index in [0.717, 1.165) is 16.9 Å². The summed E-state index contributed by atoms with van der Waals surface area (Å²) in [6.07, 6.45) is 0.0624. The van der Waals surface area contributed by atoms with Crippen molar-refractivity contribution in [3.05, 3.63) is 64.4 Å². The lowest BCUT2D eigenvalue weighted by Crippen LogP contribution is -2.32. The topological polar surface area (TPSA) is 29.5 Å². The van der Waals surface area contributed by atoms with E-state index < -0.39 is 6.10 Å². The molecule has 0 spiro atoms. The monoisotopic (exact) mass is 292 g/mol. The fraction of sp³-hybridized carbons (Fsp3) is 0.250. The van der Waals surface area contributed by atoms with Crippen LogP contribution in [0.2, 0.25) is 5.02 Å². The van der Waals surface area contributed by atoms with Crippen LogP contribution >= 0.6 is 11.6 Å². The molecule has 4 heteroatoms. The van der Waals surface area contributed by atoms with Crippen LogP contribution in [0.15, 0.2) is 42.5 Å². The van der Waals surface area contributed by atoms with Gasteiger partial charge >= 0.3 is 0 Å². The molecule has 2 aromatic carbocycles. The maximum Gasteiger partial charge on any atom is 0.129 e. The number of para-hydroxylation sites is 1. The Morgan fingerprint density at radius 1 is 1.30 bits per heavy atom. The highest BCUT2D eigenvalue weighted by Gasteiger charge is 2.29. The Hall–Kier alpha value is -1.58. The van der Waals surface area contributed by atoms with Crippen molar-refractivity contribution in [2.75, 3.05) is 0 Å².